The summed E-state index contributed by atoms with van der Waals surface area (Å²) < 4.78 is 10.5. The van der Waals surface area contributed by atoms with E-state index in [1.165, 1.54) is 4.90 Å². The molecule has 0 atom stereocenters. The zero-order valence-corrected chi connectivity index (χ0v) is 10.9. The van der Waals surface area contributed by atoms with Gasteiger partial charge in [-0.1, -0.05) is 0 Å². The summed E-state index contributed by atoms with van der Waals surface area (Å²) in [6.45, 7) is 0.190. The van der Waals surface area contributed by atoms with Crippen molar-refractivity contribution in [2.75, 3.05) is 18.7 Å². The van der Waals surface area contributed by atoms with E-state index in [0.29, 0.717) is 29.3 Å². The molecular formula is C13H13N3O4. The minimum Gasteiger partial charge on any atom is -0.454 e. The minimum atomic E-state index is -0.246. The Bertz CT molecular complexity index is 612. The van der Waals surface area contributed by atoms with Crippen LogP contribution in [0.5, 0.6) is 11.5 Å². The van der Waals surface area contributed by atoms with Gasteiger partial charge in [0.1, 0.15) is 5.71 Å². The Morgan fingerprint density at radius 2 is 2.10 bits per heavy atom. The predicted octanol–water partition coefficient (Wildman–Crippen LogP) is 0.644. The lowest BCUT2D eigenvalue weighted by atomic mass is 10.1. The maximum Gasteiger partial charge on any atom is 0.274 e. The van der Waals surface area contributed by atoms with E-state index in [4.69, 9.17) is 9.47 Å². The van der Waals surface area contributed by atoms with E-state index in [1.807, 2.05) is 0 Å². The average Bonchev–Trinajstić information content (AvgIpc) is 2.94. The van der Waals surface area contributed by atoms with Crippen LogP contribution in [0.15, 0.2) is 23.3 Å². The van der Waals surface area contributed by atoms with Gasteiger partial charge in [-0.2, -0.15) is 5.10 Å². The third-order valence-electron chi connectivity index (χ3n) is 3.20. The van der Waals surface area contributed by atoms with Crippen LogP contribution in [0.2, 0.25) is 0 Å². The van der Waals surface area contributed by atoms with Crippen molar-refractivity contribution in [1.82, 2.24) is 5.43 Å². The Balaban J connectivity index is 1.80. The summed E-state index contributed by atoms with van der Waals surface area (Å²) >= 11 is 0. The Morgan fingerprint density at radius 1 is 1.30 bits per heavy atom. The van der Waals surface area contributed by atoms with Crippen molar-refractivity contribution in [1.29, 1.82) is 0 Å². The molecule has 7 heteroatoms. The topological polar surface area (TPSA) is 80.2 Å². The lowest BCUT2D eigenvalue weighted by Gasteiger charge is -2.20. The van der Waals surface area contributed by atoms with E-state index in [-0.39, 0.29) is 25.0 Å². The van der Waals surface area contributed by atoms with E-state index >= 15 is 0 Å². The second-order valence-electron chi connectivity index (χ2n) is 4.50. The number of anilines is 1. The smallest absolute Gasteiger partial charge is 0.274 e. The van der Waals surface area contributed by atoms with Crippen LogP contribution >= 0.6 is 0 Å². The number of ether oxygens (including phenoxy) is 2. The van der Waals surface area contributed by atoms with Gasteiger partial charge in [0, 0.05) is 31.6 Å². The molecule has 0 saturated carbocycles. The zero-order valence-electron chi connectivity index (χ0n) is 10.9. The number of fused-ring (bicyclic) bond motifs is 1. The van der Waals surface area contributed by atoms with Gasteiger partial charge in [0.25, 0.3) is 5.91 Å². The summed E-state index contributed by atoms with van der Waals surface area (Å²) in [5, 5.41) is 3.80. The number of carbonyl (C=O) groups excluding carboxylic acids is 2. The first-order valence-corrected chi connectivity index (χ1v) is 6.18. The van der Waals surface area contributed by atoms with Gasteiger partial charge in [0.2, 0.25) is 12.7 Å². The number of nitrogens with one attached hydrogen (secondary N) is 1. The van der Waals surface area contributed by atoms with E-state index in [2.05, 4.69) is 10.5 Å². The van der Waals surface area contributed by atoms with E-state index < -0.39 is 0 Å². The summed E-state index contributed by atoms with van der Waals surface area (Å²) in [6, 6.07) is 5.27. The Hall–Kier alpha value is -2.57. The summed E-state index contributed by atoms with van der Waals surface area (Å²) in [5.41, 5.74) is 3.34. The Morgan fingerprint density at radius 3 is 2.85 bits per heavy atom. The first-order valence-electron chi connectivity index (χ1n) is 6.18. The number of carbonyl (C=O) groups is 2. The van der Waals surface area contributed by atoms with Crippen LogP contribution in [0.3, 0.4) is 0 Å². The molecule has 2 aliphatic heterocycles. The van der Waals surface area contributed by atoms with Crippen molar-refractivity contribution < 1.29 is 19.1 Å². The summed E-state index contributed by atoms with van der Waals surface area (Å²) in [4.78, 5) is 24.8. The summed E-state index contributed by atoms with van der Waals surface area (Å²) in [7, 11) is 1.65. The van der Waals surface area contributed by atoms with Gasteiger partial charge in [-0.3, -0.25) is 9.59 Å². The van der Waals surface area contributed by atoms with Gasteiger partial charge >= 0.3 is 0 Å². The molecule has 0 fully saturated rings. The number of hydrogen-bond donors (Lipinski definition) is 1. The molecule has 0 radical (unpaired) electrons. The van der Waals surface area contributed by atoms with Crippen LogP contribution in [0.25, 0.3) is 0 Å². The molecule has 20 heavy (non-hydrogen) atoms. The maximum atomic E-state index is 12.3. The highest BCUT2D eigenvalue weighted by Crippen LogP contribution is 2.35. The SMILES string of the molecule is CN(C(=O)C1=NNC(=O)CC1)c1ccc2c(c1)OCO2. The van der Waals surface area contributed by atoms with Crippen LogP contribution in [-0.4, -0.2) is 31.4 Å². The number of amides is 2. The van der Waals surface area contributed by atoms with E-state index in [0.717, 1.165) is 0 Å². The van der Waals surface area contributed by atoms with Crippen molar-refractivity contribution in [2.24, 2.45) is 5.10 Å². The fourth-order valence-electron chi connectivity index (χ4n) is 2.03. The zero-order chi connectivity index (χ0) is 14.1. The van der Waals surface area contributed by atoms with Crippen molar-refractivity contribution in [3.63, 3.8) is 0 Å². The molecule has 1 aromatic carbocycles. The van der Waals surface area contributed by atoms with E-state index in [9.17, 15) is 9.59 Å². The van der Waals surface area contributed by atoms with Gasteiger partial charge < -0.3 is 14.4 Å². The van der Waals surface area contributed by atoms with Gasteiger partial charge in [-0.15, -0.1) is 0 Å². The van der Waals surface area contributed by atoms with Crippen LogP contribution in [0, 0.1) is 0 Å². The fraction of sp³-hybridized carbons (Fsp3) is 0.308. The van der Waals surface area contributed by atoms with Crippen LogP contribution in [-0.2, 0) is 9.59 Å². The van der Waals surface area contributed by atoms with Gasteiger partial charge in [0.15, 0.2) is 11.5 Å². The number of rotatable bonds is 2. The van der Waals surface area contributed by atoms with Crippen LogP contribution in [0.4, 0.5) is 5.69 Å². The molecule has 2 aliphatic rings. The molecule has 1 N–H and O–H groups in total. The van der Waals surface area contributed by atoms with Gasteiger partial charge in [0.05, 0.1) is 0 Å². The average molecular weight is 275 g/mol. The molecule has 1 aromatic rings. The second-order valence-corrected chi connectivity index (χ2v) is 4.50. The molecular weight excluding hydrogens is 262 g/mol. The molecule has 0 unspecified atom stereocenters. The molecule has 0 aromatic heterocycles. The predicted molar refractivity (Wildman–Crippen MR) is 70.8 cm³/mol. The molecule has 0 bridgehead atoms. The lowest BCUT2D eigenvalue weighted by Crippen LogP contribution is -2.38. The quantitative estimate of drug-likeness (QED) is 0.859. The largest absolute Gasteiger partial charge is 0.454 e. The summed E-state index contributed by atoms with van der Waals surface area (Å²) in [6.07, 6.45) is 0.624. The number of nitrogens with zero attached hydrogens (tertiary/aromatic N) is 2. The number of hydrogen-bond acceptors (Lipinski definition) is 5. The standard InChI is InChI=1S/C13H13N3O4/c1-16(13(18)9-3-5-12(17)15-14-9)8-2-4-10-11(6-8)20-7-19-10/h2,4,6H,3,5,7H2,1H3,(H,15,17). The van der Waals surface area contributed by atoms with Gasteiger partial charge in [-0.25, -0.2) is 5.43 Å². The van der Waals surface area contributed by atoms with Crippen LogP contribution in [0.1, 0.15) is 12.8 Å². The van der Waals surface area contributed by atoms with E-state index in [1.54, 1.807) is 25.2 Å². The fourth-order valence-corrected chi connectivity index (χ4v) is 2.03. The van der Waals surface area contributed by atoms with Crippen molar-refractivity contribution in [3.8, 4) is 11.5 Å². The lowest BCUT2D eigenvalue weighted by molar-refractivity contribution is -0.121. The first kappa shape index (κ1) is 12.5. The molecule has 104 valence electrons. The highest BCUT2D eigenvalue weighted by molar-refractivity contribution is 6.44. The molecule has 7 nitrogen and oxygen atoms in total. The highest BCUT2D eigenvalue weighted by atomic mass is 16.7. The first-order chi connectivity index (χ1) is 9.65. The van der Waals surface area contributed by atoms with Crippen molar-refractivity contribution in [3.05, 3.63) is 18.2 Å². The Labute approximate surface area is 115 Å². The number of benzene rings is 1. The summed E-state index contributed by atoms with van der Waals surface area (Å²) in [5.74, 6) is 0.856. The minimum absolute atomic E-state index is 0.174. The van der Waals surface area contributed by atoms with Crippen LogP contribution < -0.4 is 19.8 Å². The van der Waals surface area contributed by atoms with Crippen molar-refractivity contribution >= 4 is 23.2 Å². The molecule has 2 heterocycles. The maximum absolute atomic E-state index is 12.3. The van der Waals surface area contributed by atoms with Gasteiger partial charge in [-0.05, 0) is 12.1 Å². The van der Waals surface area contributed by atoms with Crippen molar-refractivity contribution in [2.45, 2.75) is 12.8 Å². The third-order valence-corrected chi connectivity index (χ3v) is 3.20. The highest BCUT2D eigenvalue weighted by Gasteiger charge is 2.23. The normalized spacial score (nSPS) is 16.4. The Kier molecular flexibility index (Phi) is 3.02. The molecule has 0 spiro atoms. The molecule has 3 rings (SSSR count). The number of hydrazone groups is 1. The molecule has 2 amide bonds. The third kappa shape index (κ3) is 2.18. The molecule has 0 saturated heterocycles. The monoisotopic (exact) mass is 275 g/mol. The second kappa shape index (κ2) is 4.84. The molecule has 0 aliphatic carbocycles.